The highest BCUT2D eigenvalue weighted by atomic mass is 32.2. The average Bonchev–Trinajstić information content (AvgIpc) is 3.01. The van der Waals surface area contributed by atoms with Gasteiger partial charge in [-0.2, -0.15) is 5.10 Å². The molecule has 1 aromatic heterocycles. The molecule has 4 rings (SSSR count). The van der Waals surface area contributed by atoms with Gasteiger partial charge in [0.1, 0.15) is 0 Å². The lowest BCUT2D eigenvalue weighted by atomic mass is 9.71. The van der Waals surface area contributed by atoms with E-state index in [2.05, 4.69) is 42.7 Å². The van der Waals surface area contributed by atoms with Gasteiger partial charge >= 0.3 is 5.97 Å². The summed E-state index contributed by atoms with van der Waals surface area (Å²) in [7, 11) is 0. The molecule has 1 aromatic carbocycles. The molecule has 1 aliphatic carbocycles. The normalized spacial score (nSPS) is 22.6. The van der Waals surface area contributed by atoms with E-state index >= 15 is 0 Å². The van der Waals surface area contributed by atoms with Crippen molar-refractivity contribution in [3.8, 4) is 11.3 Å². The second-order valence-electron chi connectivity index (χ2n) is 8.58. The minimum Gasteiger partial charge on any atom is -0.476 e. The number of carboxylic acid groups (broad SMARTS) is 1. The summed E-state index contributed by atoms with van der Waals surface area (Å²) in [4.78, 5) is 13.0. The van der Waals surface area contributed by atoms with E-state index < -0.39 is 5.97 Å². The minimum atomic E-state index is -0.914. The van der Waals surface area contributed by atoms with E-state index in [1.807, 2.05) is 12.1 Å². The predicted octanol–water partition coefficient (Wildman–Crippen LogP) is 5.63. The molecular formula is C21H26N2O2S. The average molecular weight is 371 g/mol. The van der Waals surface area contributed by atoms with E-state index in [0.717, 1.165) is 35.6 Å². The first kappa shape index (κ1) is 17.7. The first-order valence-electron chi connectivity index (χ1n) is 9.43. The lowest BCUT2D eigenvalue weighted by Gasteiger charge is -2.37. The SMILES string of the molecule is CC(C)(C)C1CCC(n2nc(C(=O)O)c3c2-c2ccccc2SC3)CC1. The Morgan fingerprint density at radius 3 is 2.54 bits per heavy atom. The zero-order valence-corrected chi connectivity index (χ0v) is 16.5. The number of thioether (sulfide) groups is 1. The van der Waals surface area contributed by atoms with Crippen LogP contribution in [-0.4, -0.2) is 20.9 Å². The largest absolute Gasteiger partial charge is 0.476 e. The van der Waals surface area contributed by atoms with Gasteiger partial charge in [-0.1, -0.05) is 39.0 Å². The molecule has 2 heterocycles. The molecule has 2 aliphatic rings. The Morgan fingerprint density at radius 2 is 1.88 bits per heavy atom. The van der Waals surface area contributed by atoms with Gasteiger partial charge in [0.2, 0.25) is 0 Å². The summed E-state index contributed by atoms with van der Waals surface area (Å²) in [6, 6.07) is 8.60. The maximum atomic E-state index is 11.8. The molecule has 2 aromatic rings. The molecule has 0 amide bonds. The Labute approximate surface area is 159 Å². The van der Waals surface area contributed by atoms with Crippen LogP contribution < -0.4 is 0 Å². The Bertz CT molecular complexity index is 842. The standard InChI is InChI=1S/C21H26N2O2S/c1-21(2,3)13-8-10-14(11-9-13)23-19-15-6-4-5-7-17(15)26-12-16(19)18(22-23)20(24)25/h4-7,13-14H,8-12H2,1-3H3,(H,24,25). The summed E-state index contributed by atoms with van der Waals surface area (Å²) in [6.07, 6.45) is 4.51. The molecule has 138 valence electrons. The highest BCUT2D eigenvalue weighted by molar-refractivity contribution is 7.98. The van der Waals surface area contributed by atoms with Crippen LogP contribution in [0, 0.1) is 11.3 Å². The molecule has 0 atom stereocenters. The molecule has 1 aliphatic heterocycles. The van der Waals surface area contributed by atoms with Gasteiger partial charge in [0.15, 0.2) is 5.69 Å². The summed E-state index contributed by atoms with van der Waals surface area (Å²) < 4.78 is 2.05. The van der Waals surface area contributed by atoms with Gasteiger partial charge in [0, 0.05) is 21.8 Å². The van der Waals surface area contributed by atoms with Crippen LogP contribution in [0.1, 0.15) is 68.5 Å². The molecule has 5 heteroatoms. The molecule has 4 nitrogen and oxygen atoms in total. The van der Waals surface area contributed by atoms with E-state index in [9.17, 15) is 9.90 Å². The molecule has 0 radical (unpaired) electrons. The van der Waals surface area contributed by atoms with Crippen molar-refractivity contribution in [2.24, 2.45) is 11.3 Å². The van der Waals surface area contributed by atoms with Crippen molar-refractivity contribution >= 4 is 17.7 Å². The van der Waals surface area contributed by atoms with E-state index in [1.165, 1.54) is 17.7 Å². The fraction of sp³-hybridized carbons (Fsp3) is 0.524. The minimum absolute atomic E-state index is 0.236. The smallest absolute Gasteiger partial charge is 0.356 e. The van der Waals surface area contributed by atoms with Gasteiger partial charge in [0.25, 0.3) is 0 Å². The highest BCUT2D eigenvalue weighted by Crippen LogP contribution is 2.47. The van der Waals surface area contributed by atoms with Crippen molar-refractivity contribution in [3.05, 3.63) is 35.5 Å². The summed E-state index contributed by atoms with van der Waals surface area (Å²) >= 11 is 1.71. The van der Waals surface area contributed by atoms with Crippen molar-refractivity contribution in [2.75, 3.05) is 0 Å². The van der Waals surface area contributed by atoms with Crippen molar-refractivity contribution in [2.45, 2.75) is 63.1 Å². The maximum absolute atomic E-state index is 11.8. The van der Waals surface area contributed by atoms with Crippen LogP contribution in [-0.2, 0) is 5.75 Å². The molecule has 0 spiro atoms. The number of hydrogen-bond donors (Lipinski definition) is 1. The van der Waals surface area contributed by atoms with Gasteiger partial charge in [0.05, 0.1) is 11.7 Å². The predicted molar refractivity (Wildman–Crippen MR) is 105 cm³/mol. The Balaban J connectivity index is 1.74. The van der Waals surface area contributed by atoms with Gasteiger partial charge in [-0.15, -0.1) is 11.8 Å². The summed E-state index contributed by atoms with van der Waals surface area (Å²) in [5, 5.41) is 14.3. The number of carbonyl (C=O) groups is 1. The molecule has 1 fully saturated rings. The number of carboxylic acids is 1. The van der Waals surface area contributed by atoms with Gasteiger partial charge in [-0.05, 0) is 43.1 Å². The quantitative estimate of drug-likeness (QED) is 0.744. The van der Waals surface area contributed by atoms with Crippen molar-refractivity contribution in [3.63, 3.8) is 0 Å². The number of aromatic nitrogens is 2. The number of aromatic carboxylic acids is 1. The molecule has 0 unspecified atom stereocenters. The van der Waals surface area contributed by atoms with E-state index in [0.29, 0.717) is 17.2 Å². The number of rotatable bonds is 2. The van der Waals surface area contributed by atoms with E-state index in [-0.39, 0.29) is 5.69 Å². The van der Waals surface area contributed by atoms with E-state index in [4.69, 9.17) is 0 Å². The third-order valence-corrected chi connectivity index (χ3v) is 7.09. The number of fused-ring (bicyclic) bond motifs is 3. The van der Waals surface area contributed by atoms with Crippen LogP contribution in [0.5, 0.6) is 0 Å². The summed E-state index contributed by atoms with van der Waals surface area (Å²) in [5.74, 6) is 0.501. The topological polar surface area (TPSA) is 55.1 Å². The van der Waals surface area contributed by atoms with Crippen molar-refractivity contribution in [1.29, 1.82) is 0 Å². The lowest BCUT2D eigenvalue weighted by Crippen LogP contribution is -2.27. The van der Waals surface area contributed by atoms with Crippen molar-refractivity contribution in [1.82, 2.24) is 9.78 Å². The zero-order chi connectivity index (χ0) is 18.5. The molecule has 1 saturated carbocycles. The van der Waals surface area contributed by atoms with Crippen molar-refractivity contribution < 1.29 is 9.90 Å². The fourth-order valence-electron chi connectivity index (χ4n) is 4.45. The van der Waals surface area contributed by atoms with Crippen LogP contribution in [0.25, 0.3) is 11.3 Å². The Morgan fingerprint density at radius 1 is 1.19 bits per heavy atom. The van der Waals surface area contributed by atoms with Crippen LogP contribution in [0.15, 0.2) is 29.2 Å². The first-order valence-corrected chi connectivity index (χ1v) is 10.4. The second kappa shape index (κ2) is 6.45. The molecular weight excluding hydrogens is 344 g/mol. The zero-order valence-electron chi connectivity index (χ0n) is 15.7. The number of benzene rings is 1. The van der Waals surface area contributed by atoms with Crippen LogP contribution in [0.4, 0.5) is 0 Å². The summed E-state index contributed by atoms with van der Waals surface area (Å²) in [5.41, 5.74) is 3.64. The van der Waals surface area contributed by atoms with Gasteiger partial charge in [-0.3, -0.25) is 4.68 Å². The highest BCUT2D eigenvalue weighted by Gasteiger charge is 2.35. The Hall–Kier alpha value is -1.75. The van der Waals surface area contributed by atoms with Crippen LogP contribution in [0.2, 0.25) is 0 Å². The van der Waals surface area contributed by atoms with Gasteiger partial charge in [-0.25, -0.2) is 4.79 Å². The fourth-order valence-corrected chi connectivity index (χ4v) is 5.52. The third kappa shape index (κ3) is 2.96. The van der Waals surface area contributed by atoms with Gasteiger partial charge < -0.3 is 5.11 Å². The molecule has 0 saturated heterocycles. The molecule has 26 heavy (non-hydrogen) atoms. The molecule has 0 bridgehead atoms. The maximum Gasteiger partial charge on any atom is 0.356 e. The number of nitrogens with zero attached hydrogens (tertiary/aromatic N) is 2. The van der Waals surface area contributed by atoms with Crippen LogP contribution >= 0.6 is 11.8 Å². The Kier molecular flexibility index (Phi) is 4.38. The third-order valence-electron chi connectivity index (χ3n) is 5.99. The first-order chi connectivity index (χ1) is 12.4. The summed E-state index contributed by atoms with van der Waals surface area (Å²) in [6.45, 7) is 6.97. The lowest BCUT2D eigenvalue weighted by molar-refractivity contribution is 0.0687. The number of hydrogen-bond acceptors (Lipinski definition) is 3. The molecule has 1 N–H and O–H groups in total. The second-order valence-corrected chi connectivity index (χ2v) is 9.60. The van der Waals surface area contributed by atoms with E-state index in [1.54, 1.807) is 11.8 Å². The monoisotopic (exact) mass is 370 g/mol. The van der Waals surface area contributed by atoms with Crippen LogP contribution in [0.3, 0.4) is 0 Å².